The lowest BCUT2D eigenvalue weighted by Crippen LogP contribution is -1.99. The monoisotopic (exact) mass is 286 g/mol. The van der Waals surface area contributed by atoms with Crippen molar-refractivity contribution in [2.24, 2.45) is 0 Å². The summed E-state index contributed by atoms with van der Waals surface area (Å²) >= 11 is 1.63. The third kappa shape index (κ3) is 2.53. The molecule has 1 aromatic heterocycles. The maximum Gasteiger partial charge on any atom is 0.160 e. The molecule has 2 aromatic carbocycles. The summed E-state index contributed by atoms with van der Waals surface area (Å²) in [6.07, 6.45) is 0. The van der Waals surface area contributed by atoms with Crippen LogP contribution in [0.4, 0.5) is 5.69 Å². The number of rotatable bonds is 4. The van der Waals surface area contributed by atoms with Crippen LogP contribution in [0, 0.1) is 0 Å². The first kappa shape index (κ1) is 12.7. The molecule has 5 heteroatoms. The SMILES string of the molecule is COc1cc(CNc2ccc3scnc3c2)ccc1O. The molecule has 2 N–H and O–H groups in total. The molecule has 0 aliphatic carbocycles. The highest BCUT2D eigenvalue weighted by atomic mass is 32.1. The Balaban J connectivity index is 1.75. The third-order valence-corrected chi connectivity index (χ3v) is 3.88. The van der Waals surface area contributed by atoms with Gasteiger partial charge in [-0.2, -0.15) is 0 Å². The van der Waals surface area contributed by atoms with Gasteiger partial charge in [0.25, 0.3) is 0 Å². The number of ether oxygens (including phenoxy) is 1. The first-order chi connectivity index (χ1) is 9.76. The van der Waals surface area contributed by atoms with Crippen molar-refractivity contribution in [3.63, 3.8) is 0 Å². The zero-order valence-electron chi connectivity index (χ0n) is 11.0. The summed E-state index contributed by atoms with van der Waals surface area (Å²) in [4.78, 5) is 4.30. The van der Waals surface area contributed by atoms with Crippen LogP contribution >= 0.6 is 11.3 Å². The number of nitrogens with one attached hydrogen (secondary N) is 1. The highest BCUT2D eigenvalue weighted by Gasteiger charge is 2.03. The van der Waals surface area contributed by atoms with Gasteiger partial charge in [-0.05, 0) is 35.9 Å². The van der Waals surface area contributed by atoms with Crippen LogP contribution in [-0.4, -0.2) is 17.2 Å². The molecule has 0 bridgehead atoms. The van der Waals surface area contributed by atoms with Crippen LogP contribution in [0.2, 0.25) is 0 Å². The average Bonchev–Trinajstić information content (AvgIpc) is 2.94. The van der Waals surface area contributed by atoms with Gasteiger partial charge >= 0.3 is 0 Å². The summed E-state index contributed by atoms with van der Waals surface area (Å²) in [5, 5.41) is 12.9. The summed E-state index contributed by atoms with van der Waals surface area (Å²) in [5.41, 5.74) is 4.91. The van der Waals surface area contributed by atoms with Crippen molar-refractivity contribution in [3.8, 4) is 11.5 Å². The van der Waals surface area contributed by atoms with Crippen LogP contribution in [0.3, 0.4) is 0 Å². The predicted molar refractivity (Wildman–Crippen MR) is 81.6 cm³/mol. The van der Waals surface area contributed by atoms with Crippen LogP contribution in [0.15, 0.2) is 41.9 Å². The highest BCUT2D eigenvalue weighted by molar-refractivity contribution is 7.16. The predicted octanol–water partition coefficient (Wildman–Crippen LogP) is 3.62. The fourth-order valence-corrected chi connectivity index (χ4v) is 2.66. The molecule has 0 aliphatic rings. The minimum absolute atomic E-state index is 0.153. The van der Waals surface area contributed by atoms with E-state index in [1.165, 1.54) is 4.70 Å². The van der Waals surface area contributed by atoms with Crippen molar-refractivity contribution >= 4 is 27.2 Å². The summed E-state index contributed by atoms with van der Waals surface area (Å²) in [6.45, 7) is 0.659. The Labute approximate surface area is 120 Å². The molecule has 0 aliphatic heterocycles. The maximum absolute atomic E-state index is 9.56. The second-order valence-corrected chi connectivity index (χ2v) is 5.28. The molecule has 102 valence electrons. The molecule has 0 fully saturated rings. The van der Waals surface area contributed by atoms with Crippen molar-refractivity contribution < 1.29 is 9.84 Å². The number of benzene rings is 2. The zero-order chi connectivity index (χ0) is 13.9. The molecule has 0 unspecified atom stereocenters. The minimum Gasteiger partial charge on any atom is -0.504 e. The molecular weight excluding hydrogens is 272 g/mol. The first-order valence-electron chi connectivity index (χ1n) is 6.19. The van der Waals surface area contributed by atoms with E-state index in [0.717, 1.165) is 16.8 Å². The van der Waals surface area contributed by atoms with Crippen molar-refractivity contribution in [1.29, 1.82) is 0 Å². The summed E-state index contributed by atoms with van der Waals surface area (Å²) < 4.78 is 6.28. The number of phenolic OH excluding ortho intramolecular Hbond substituents is 1. The van der Waals surface area contributed by atoms with Gasteiger partial charge < -0.3 is 15.2 Å². The van der Waals surface area contributed by atoms with E-state index in [4.69, 9.17) is 4.74 Å². The van der Waals surface area contributed by atoms with Gasteiger partial charge in [-0.15, -0.1) is 11.3 Å². The Hall–Kier alpha value is -2.27. The molecule has 0 atom stereocenters. The van der Waals surface area contributed by atoms with Crippen LogP contribution in [-0.2, 0) is 6.54 Å². The van der Waals surface area contributed by atoms with Gasteiger partial charge in [0.05, 0.1) is 22.8 Å². The van der Waals surface area contributed by atoms with Crippen LogP contribution in [0.25, 0.3) is 10.2 Å². The van der Waals surface area contributed by atoms with Crippen molar-refractivity contribution in [2.45, 2.75) is 6.54 Å². The molecule has 0 saturated heterocycles. The summed E-state index contributed by atoms with van der Waals surface area (Å²) in [7, 11) is 1.54. The number of nitrogens with zero attached hydrogens (tertiary/aromatic N) is 1. The summed E-state index contributed by atoms with van der Waals surface area (Å²) in [6, 6.07) is 11.5. The molecule has 4 nitrogen and oxygen atoms in total. The molecule has 3 aromatic rings. The lowest BCUT2D eigenvalue weighted by Gasteiger charge is -2.09. The number of thiazole rings is 1. The number of hydrogen-bond donors (Lipinski definition) is 2. The summed E-state index contributed by atoms with van der Waals surface area (Å²) in [5.74, 6) is 0.638. The lowest BCUT2D eigenvalue weighted by molar-refractivity contribution is 0.373. The second-order valence-electron chi connectivity index (χ2n) is 4.39. The van der Waals surface area contributed by atoms with E-state index >= 15 is 0 Å². The van der Waals surface area contributed by atoms with E-state index < -0.39 is 0 Å². The third-order valence-electron chi connectivity index (χ3n) is 3.07. The van der Waals surface area contributed by atoms with E-state index in [2.05, 4.69) is 16.4 Å². The Morgan fingerprint density at radius 3 is 3.00 bits per heavy atom. The standard InChI is InChI=1S/C15H14N2O2S/c1-19-14-6-10(2-4-13(14)18)8-16-11-3-5-15-12(7-11)17-9-20-15/h2-7,9,16,18H,8H2,1H3. The maximum atomic E-state index is 9.56. The minimum atomic E-state index is 0.153. The largest absolute Gasteiger partial charge is 0.504 e. The Morgan fingerprint density at radius 2 is 2.15 bits per heavy atom. The van der Waals surface area contributed by atoms with E-state index in [1.54, 1.807) is 24.5 Å². The normalized spacial score (nSPS) is 10.7. The van der Waals surface area contributed by atoms with Gasteiger partial charge in [0.2, 0.25) is 0 Å². The highest BCUT2D eigenvalue weighted by Crippen LogP contribution is 2.27. The van der Waals surface area contributed by atoms with E-state index in [9.17, 15) is 5.11 Å². The average molecular weight is 286 g/mol. The lowest BCUT2D eigenvalue weighted by atomic mass is 10.2. The number of aromatic nitrogens is 1. The second kappa shape index (κ2) is 5.38. The smallest absolute Gasteiger partial charge is 0.160 e. The molecule has 1 heterocycles. The Morgan fingerprint density at radius 1 is 1.25 bits per heavy atom. The van der Waals surface area contributed by atoms with E-state index in [-0.39, 0.29) is 5.75 Å². The van der Waals surface area contributed by atoms with Gasteiger partial charge in [-0.1, -0.05) is 6.07 Å². The Bertz CT molecular complexity index is 740. The molecule has 0 saturated carbocycles. The molecular formula is C15H14N2O2S. The quantitative estimate of drug-likeness (QED) is 0.769. The topological polar surface area (TPSA) is 54.4 Å². The molecule has 0 radical (unpaired) electrons. The number of aromatic hydroxyl groups is 1. The number of hydrogen-bond acceptors (Lipinski definition) is 5. The van der Waals surface area contributed by atoms with Crippen molar-refractivity contribution in [3.05, 3.63) is 47.5 Å². The molecule has 0 amide bonds. The van der Waals surface area contributed by atoms with E-state index in [0.29, 0.717) is 12.3 Å². The number of methoxy groups -OCH3 is 1. The Kier molecular flexibility index (Phi) is 3.43. The number of anilines is 1. The zero-order valence-corrected chi connectivity index (χ0v) is 11.8. The van der Waals surface area contributed by atoms with E-state index in [1.807, 2.05) is 29.8 Å². The van der Waals surface area contributed by atoms with Crippen LogP contribution in [0.5, 0.6) is 11.5 Å². The number of fused-ring (bicyclic) bond motifs is 1. The molecule has 20 heavy (non-hydrogen) atoms. The number of phenols is 1. The first-order valence-corrected chi connectivity index (χ1v) is 7.07. The van der Waals surface area contributed by atoms with Crippen molar-refractivity contribution in [1.82, 2.24) is 4.98 Å². The van der Waals surface area contributed by atoms with Crippen LogP contribution < -0.4 is 10.1 Å². The molecule has 0 spiro atoms. The fourth-order valence-electron chi connectivity index (χ4n) is 2.00. The van der Waals surface area contributed by atoms with Gasteiger partial charge in [-0.25, -0.2) is 4.98 Å². The van der Waals surface area contributed by atoms with Gasteiger partial charge in [-0.3, -0.25) is 0 Å². The fraction of sp³-hybridized carbons (Fsp3) is 0.133. The van der Waals surface area contributed by atoms with Crippen LogP contribution in [0.1, 0.15) is 5.56 Å². The van der Waals surface area contributed by atoms with Crippen molar-refractivity contribution in [2.75, 3.05) is 12.4 Å². The molecule has 3 rings (SSSR count). The van der Waals surface area contributed by atoms with Gasteiger partial charge in [0, 0.05) is 12.2 Å². The van der Waals surface area contributed by atoms with Gasteiger partial charge in [0.15, 0.2) is 11.5 Å². The van der Waals surface area contributed by atoms with Gasteiger partial charge in [0.1, 0.15) is 0 Å².